The summed E-state index contributed by atoms with van der Waals surface area (Å²) in [5.74, 6) is -0.931. The fourth-order valence-corrected chi connectivity index (χ4v) is 6.22. The molecule has 0 saturated carbocycles. The first-order valence-corrected chi connectivity index (χ1v) is 21.8. The third-order valence-corrected chi connectivity index (χ3v) is 9.56. The highest BCUT2D eigenvalue weighted by Gasteiger charge is 2.27. The summed E-state index contributed by atoms with van der Waals surface area (Å²) < 4.78 is 32.6. The van der Waals surface area contributed by atoms with E-state index in [4.69, 9.17) is 19.1 Å². The maximum absolute atomic E-state index is 12.5. The van der Waals surface area contributed by atoms with Gasteiger partial charge in [0.25, 0.3) is 0 Å². The van der Waals surface area contributed by atoms with Gasteiger partial charge in [0.2, 0.25) is 0 Å². The van der Waals surface area contributed by atoms with Crippen LogP contribution in [-0.2, 0) is 32.7 Å². The predicted octanol–water partition coefficient (Wildman–Crippen LogP) is 10.2. The molecule has 0 aliphatic heterocycles. The van der Waals surface area contributed by atoms with Crippen molar-refractivity contribution in [3.8, 4) is 0 Å². The van der Waals surface area contributed by atoms with E-state index in [1.807, 2.05) is 0 Å². The van der Waals surface area contributed by atoms with Crippen molar-refractivity contribution in [3.05, 3.63) is 24.3 Å². The molecule has 0 aromatic rings. The van der Waals surface area contributed by atoms with Crippen molar-refractivity contribution in [2.75, 3.05) is 26.4 Å². The van der Waals surface area contributed by atoms with Gasteiger partial charge in [0.1, 0.15) is 12.7 Å². The van der Waals surface area contributed by atoms with Gasteiger partial charge in [0.15, 0.2) is 6.10 Å². The van der Waals surface area contributed by atoms with E-state index in [0.717, 1.165) is 51.4 Å². The fraction of sp³-hybridized carbons (Fsp3) is 0.850. The van der Waals surface area contributed by atoms with Gasteiger partial charge in [0.05, 0.1) is 19.8 Å². The Kier molecular flexibility index (Phi) is 35.7. The van der Waals surface area contributed by atoms with Crippen molar-refractivity contribution >= 4 is 19.8 Å². The molecule has 0 rings (SSSR count). The van der Waals surface area contributed by atoms with Gasteiger partial charge in [-0.1, -0.05) is 147 Å². The van der Waals surface area contributed by atoms with E-state index in [1.54, 1.807) is 0 Å². The summed E-state index contributed by atoms with van der Waals surface area (Å²) in [6.45, 7) is 2.33. The topological polar surface area (TPSA) is 149 Å². The molecule has 0 aliphatic carbocycles. The molecule has 3 atom stereocenters. The maximum atomic E-state index is 12.5. The van der Waals surface area contributed by atoms with Gasteiger partial charge in [-0.25, -0.2) is 4.57 Å². The molecular formula is C40H75O10P. The number of hydrogen-bond acceptors (Lipinski definition) is 9. The van der Waals surface area contributed by atoms with Crippen molar-refractivity contribution in [2.45, 2.75) is 193 Å². The molecule has 11 heteroatoms. The zero-order valence-electron chi connectivity index (χ0n) is 32.3. The highest BCUT2D eigenvalue weighted by Crippen LogP contribution is 2.43. The Hall–Kier alpha value is -1.55. The Labute approximate surface area is 310 Å². The van der Waals surface area contributed by atoms with Crippen LogP contribution >= 0.6 is 7.82 Å². The summed E-state index contributed by atoms with van der Waals surface area (Å²) >= 11 is 0. The van der Waals surface area contributed by atoms with Crippen molar-refractivity contribution in [2.24, 2.45) is 0 Å². The number of carbonyl (C=O) groups excluding carboxylic acids is 2. The lowest BCUT2D eigenvalue weighted by molar-refractivity contribution is -0.161. The van der Waals surface area contributed by atoms with Gasteiger partial charge < -0.3 is 24.6 Å². The molecule has 0 aromatic carbocycles. The van der Waals surface area contributed by atoms with Crippen LogP contribution in [0.15, 0.2) is 24.3 Å². The highest BCUT2D eigenvalue weighted by atomic mass is 31.2. The number of phosphoric acid groups is 1. The molecule has 300 valence electrons. The number of carbonyl (C=O) groups is 2. The first kappa shape index (κ1) is 49.5. The van der Waals surface area contributed by atoms with Crippen LogP contribution in [-0.4, -0.2) is 65.7 Å². The van der Waals surface area contributed by atoms with Crippen molar-refractivity contribution in [1.29, 1.82) is 0 Å². The molecule has 3 N–H and O–H groups in total. The Morgan fingerprint density at radius 1 is 0.588 bits per heavy atom. The summed E-state index contributed by atoms with van der Waals surface area (Å²) in [4.78, 5) is 34.8. The number of rotatable bonds is 38. The van der Waals surface area contributed by atoms with Crippen LogP contribution in [0.4, 0.5) is 0 Å². The fourth-order valence-electron chi connectivity index (χ4n) is 5.43. The Morgan fingerprint density at radius 3 is 1.55 bits per heavy atom. The van der Waals surface area contributed by atoms with Crippen LogP contribution in [0, 0.1) is 0 Å². The zero-order valence-corrected chi connectivity index (χ0v) is 33.2. The molecule has 1 unspecified atom stereocenters. The SMILES string of the molecule is CCCCC/C=C/C/C=C/CCCCCCCCCC(=O)OC[C@@H](COP(=O)(O)OC[C@H](O)CO)OC(=O)CCCCCCCCCCCCC. The smallest absolute Gasteiger partial charge is 0.462 e. The van der Waals surface area contributed by atoms with Crippen LogP contribution in [0.5, 0.6) is 0 Å². The lowest BCUT2D eigenvalue weighted by Crippen LogP contribution is -2.29. The lowest BCUT2D eigenvalue weighted by Gasteiger charge is -2.20. The molecule has 0 saturated heterocycles. The number of allylic oxidation sites excluding steroid dienone is 4. The first-order valence-electron chi connectivity index (χ1n) is 20.3. The number of phosphoric ester groups is 1. The third kappa shape index (κ3) is 36.6. The molecule has 0 amide bonds. The number of ether oxygens (including phenoxy) is 2. The lowest BCUT2D eigenvalue weighted by atomic mass is 10.1. The van der Waals surface area contributed by atoms with Crippen LogP contribution < -0.4 is 0 Å². The second-order valence-electron chi connectivity index (χ2n) is 13.7. The van der Waals surface area contributed by atoms with E-state index in [-0.39, 0.29) is 19.4 Å². The second-order valence-corrected chi connectivity index (χ2v) is 15.1. The van der Waals surface area contributed by atoms with E-state index in [9.17, 15) is 24.2 Å². The molecule has 0 aliphatic rings. The largest absolute Gasteiger partial charge is 0.472 e. The molecule has 0 spiro atoms. The number of aliphatic hydroxyl groups excluding tert-OH is 2. The number of hydrogen-bond donors (Lipinski definition) is 3. The predicted molar refractivity (Wildman–Crippen MR) is 205 cm³/mol. The minimum absolute atomic E-state index is 0.186. The van der Waals surface area contributed by atoms with Crippen LogP contribution in [0.2, 0.25) is 0 Å². The standard InChI is InChI=1S/C40H75O10P/c1-3-5-7-9-11-13-15-16-17-18-19-20-22-23-25-27-29-31-39(43)47-35-38(36-49-51(45,46)48-34-37(42)33-41)50-40(44)32-30-28-26-24-21-14-12-10-8-6-4-2/h11,13,16-17,37-38,41-42H,3-10,12,14-15,18-36H2,1-2H3,(H,45,46)/b13-11+,17-16+/t37-,38+/m1/s1. The summed E-state index contributed by atoms with van der Waals surface area (Å²) in [7, 11) is -4.61. The molecule has 0 aromatic heterocycles. The molecular weight excluding hydrogens is 671 g/mol. The average molecular weight is 747 g/mol. The average Bonchev–Trinajstić information content (AvgIpc) is 3.12. The monoisotopic (exact) mass is 747 g/mol. The van der Waals surface area contributed by atoms with Crippen molar-refractivity contribution in [1.82, 2.24) is 0 Å². The molecule has 0 bridgehead atoms. The summed E-state index contributed by atoms with van der Waals surface area (Å²) in [5, 5.41) is 18.3. The summed E-state index contributed by atoms with van der Waals surface area (Å²) in [5.41, 5.74) is 0. The number of esters is 2. The van der Waals surface area contributed by atoms with Gasteiger partial charge in [-0.3, -0.25) is 18.6 Å². The zero-order chi connectivity index (χ0) is 37.7. The molecule has 0 fully saturated rings. The van der Waals surface area contributed by atoms with Crippen molar-refractivity contribution < 1.29 is 47.8 Å². The molecule has 0 radical (unpaired) electrons. The number of unbranched alkanes of at least 4 members (excludes halogenated alkanes) is 20. The normalized spacial score (nSPS) is 14.2. The highest BCUT2D eigenvalue weighted by molar-refractivity contribution is 7.47. The van der Waals surface area contributed by atoms with E-state index >= 15 is 0 Å². The summed E-state index contributed by atoms with van der Waals surface area (Å²) in [6, 6.07) is 0. The third-order valence-electron chi connectivity index (χ3n) is 8.61. The second kappa shape index (κ2) is 36.8. The minimum Gasteiger partial charge on any atom is -0.462 e. The Bertz CT molecular complexity index is 910. The van der Waals surface area contributed by atoms with E-state index in [1.165, 1.54) is 89.9 Å². The summed E-state index contributed by atoms with van der Waals surface area (Å²) in [6.07, 6.45) is 34.3. The Balaban J connectivity index is 4.30. The van der Waals surface area contributed by atoms with Crippen molar-refractivity contribution in [3.63, 3.8) is 0 Å². The quantitative estimate of drug-likeness (QED) is 0.0241. The minimum atomic E-state index is -4.61. The number of aliphatic hydroxyl groups is 2. The molecule has 51 heavy (non-hydrogen) atoms. The van der Waals surface area contributed by atoms with Crippen LogP contribution in [0.3, 0.4) is 0 Å². The van der Waals surface area contributed by atoms with Gasteiger partial charge >= 0.3 is 19.8 Å². The van der Waals surface area contributed by atoms with E-state index in [0.29, 0.717) is 12.8 Å². The van der Waals surface area contributed by atoms with Crippen LogP contribution in [0.25, 0.3) is 0 Å². The molecule has 10 nitrogen and oxygen atoms in total. The van der Waals surface area contributed by atoms with Gasteiger partial charge in [-0.15, -0.1) is 0 Å². The maximum Gasteiger partial charge on any atom is 0.472 e. The van der Waals surface area contributed by atoms with E-state index in [2.05, 4.69) is 42.7 Å². The van der Waals surface area contributed by atoms with E-state index < -0.39 is 51.8 Å². The van der Waals surface area contributed by atoms with Gasteiger partial charge in [-0.2, -0.15) is 0 Å². The molecule has 0 heterocycles. The Morgan fingerprint density at radius 2 is 1.02 bits per heavy atom. The first-order chi connectivity index (χ1) is 24.7. The van der Waals surface area contributed by atoms with Gasteiger partial charge in [0, 0.05) is 12.8 Å². The van der Waals surface area contributed by atoms with Crippen LogP contribution in [0.1, 0.15) is 181 Å². The van der Waals surface area contributed by atoms with Gasteiger partial charge in [-0.05, 0) is 44.9 Å².